The van der Waals surface area contributed by atoms with Crippen molar-refractivity contribution in [2.75, 3.05) is 0 Å². The Balaban J connectivity index is 1.94. The fourth-order valence-electron chi connectivity index (χ4n) is 4.31. The largest absolute Gasteiger partial charge is 0.0836 e. The third-order valence-corrected chi connectivity index (χ3v) is 6.42. The monoisotopic (exact) mass is 488 g/mol. The zero-order valence-electron chi connectivity index (χ0n) is 15.3. The van der Waals surface area contributed by atoms with Crippen LogP contribution >= 0.6 is 31.9 Å². The summed E-state index contributed by atoms with van der Waals surface area (Å²) in [6.07, 6.45) is 6.79. The lowest BCUT2D eigenvalue weighted by Gasteiger charge is -2.24. The van der Waals surface area contributed by atoms with Gasteiger partial charge in [-0.1, -0.05) is 92.5 Å². The smallest absolute Gasteiger partial charge is 0.0181 e. The molecule has 4 aromatic rings. The first-order valence-electron chi connectivity index (χ1n) is 9.48. The summed E-state index contributed by atoms with van der Waals surface area (Å²) in [5.74, 6) is 0. The Kier molecular flexibility index (Phi) is 4.70. The Hall–Kier alpha value is -2.16. The predicted molar refractivity (Wildman–Crippen MR) is 128 cm³/mol. The fourth-order valence-corrected chi connectivity index (χ4v) is 5.11. The van der Waals surface area contributed by atoms with Crippen LogP contribution in [0.4, 0.5) is 0 Å². The third kappa shape index (κ3) is 3.05. The van der Waals surface area contributed by atoms with Gasteiger partial charge in [0.25, 0.3) is 0 Å². The van der Waals surface area contributed by atoms with E-state index >= 15 is 0 Å². The highest BCUT2D eigenvalue weighted by atomic mass is 79.9. The molecule has 0 saturated heterocycles. The van der Waals surface area contributed by atoms with Gasteiger partial charge in [0.2, 0.25) is 0 Å². The number of halogens is 2. The van der Waals surface area contributed by atoms with Crippen molar-refractivity contribution in [1.29, 1.82) is 0 Å². The van der Waals surface area contributed by atoms with Crippen LogP contribution < -0.4 is 0 Å². The highest BCUT2D eigenvalue weighted by molar-refractivity contribution is 9.10. The second kappa shape index (κ2) is 7.35. The van der Waals surface area contributed by atoms with Crippen LogP contribution in [0.5, 0.6) is 0 Å². The second-order valence-electron chi connectivity index (χ2n) is 7.15. The standard InChI is InChI=1S/C26H18Br2/c27-19-9-5-7-17(15-19)25-21-11-1-2-12-22(21)26(18-8-6-10-20(28)16-18)24-14-4-3-13-23(24)25/h1-3,5-13,15-16H,4,14H2. The average molecular weight is 490 g/mol. The molecule has 0 unspecified atom stereocenters. The van der Waals surface area contributed by atoms with Crippen molar-refractivity contribution in [3.8, 4) is 22.3 Å². The van der Waals surface area contributed by atoms with E-state index in [-0.39, 0.29) is 0 Å². The van der Waals surface area contributed by atoms with E-state index in [1.54, 1.807) is 0 Å². The topological polar surface area (TPSA) is 0 Å². The highest BCUT2D eigenvalue weighted by Crippen LogP contribution is 2.45. The minimum Gasteiger partial charge on any atom is -0.0836 e. The van der Waals surface area contributed by atoms with Gasteiger partial charge < -0.3 is 0 Å². The number of benzene rings is 4. The van der Waals surface area contributed by atoms with E-state index in [2.05, 4.69) is 117 Å². The fraction of sp³-hybridized carbons (Fsp3) is 0.0769. The normalized spacial score (nSPS) is 12.9. The minimum absolute atomic E-state index is 1.07. The summed E-state index contributed by atoms with van der Waals surface area (Å²) in [4.78, 5) is 0. The van der Waals surface area contributed by atoms with Gasteiger partial charge >= 0.3 is 0 Å². The molecule has 1 aliphatic rings. The van der Waals surface area contributed by atoms with Crippen LogP contribution in [0.2, 0.25) is 0 Å². The van der Waals surface area contributed by atoms with Crippen LogP contribution in [0, 0.1) is 0 Å². The molecule has 136 valence electrons. The molecule has 2 heteroatoms. The van der Waals surface area contributed by atoms with Gasteiger partial charge in [-0.2, -0.15) is 0 Å². The van der Waals surface area contributed by atoms with Crippen LogP contribution in [-0.4, -0.2) is 0 Å². The first-order valence-corrected chi connectivity index (χ1v) is 11.1. The summed E-state index contributed by atoms with van der Waals surface area (Å²) in [6, 6.07) is 26.2. The lowest BCUT2D eigenvalue weighted by atomic mass is 9.80. The van der Waals surface area contributed by atoms with Crippen LogP contribution in [0.3, 0.4) is 0 Å². The molecule has 0 heterocycles. The molecule has 0 N–H and O–H groups in total. The SMILES string of the molecule is Brc1cccc(-c2c3c(c(-c4cccc(Br)c4)c4ccccc24)CCC=C3)c1. The van der Waals surface area contributed by atoms with Crippen molar-refractivity contribution in [3.63, 3.8) is 0 Å². The Labute approximate surface area is 182 Å². The summed E-state index contributed by atoms with van der Waals surface area (Å²) in [5.41, 5.74) is 8.05. The minimum atomic E-state index is 1.07. The van der Waals surface area contributed by atoms with Crippen molar-refractivity contribution in [2.45, 2.75) is 12.8 Å². The molecule has 0 saturated carbocycles. The van der Waals surface area contributed by atoms with Gasteiger partial charge in [-0.15, -0.1) is 0 Å². The van der Waals surface area contributed by atoms with Gasteiger partial charge in [-0.05, 0) is 81.3 Å². The molecule has 5 rings (SSSR count). The molecular formula is C26H18Br2. The van der Waals surface area contributed by atoms with E-state index in [4.69, 9.17) is 0 Å². The summed E-state index contributed by atoms with van der Waals surface area (Å²) in [7, 11) is 0. The second-order valence-corrected chi connectivity index (χ2v) is 8.98. The highest BCUT2D eigenvalue weighted by Gasteiger charge is 2.21. The number of fused-ring (bicyclic) bond motifs is 2. The quantitative estimate of drug-likeness (QED) is 0.264. The van der Waals surface area contributed by atoms with Crippen LogP contribution in [0.1, 0.15) is 17.5 Å². The Morgan fingerprint density at radius 1 is 0.643 bits per heavy atom. The molecule has 0 aromatic heterocycles. The van der Waals surface area contributed by atoms with Crippen molar-refractivity contribution >= 4 is 48.7 Å². The van der Waals surface area contributed by atoms with Crippen molar-refractivity contribution < 1.29 is 0 Å². The zero-order chi connectivity index (χ0) is 19.1. The van der Waals surface area contributed by atoms with Gasteiger partial charge in [0.15, 0.2) is 0 Å². The third-order valence-electron chi connectivity index (χ3n) is 5.43. The predicted octanol–water partition coefficient (Wildman–Crippen LogP) is 8.66. The van der Waals surface area contributed by atoms with Gasteiger partial charge in [-0.3, -0.25) is 0 Å². The summed E-state index contributed by atoms with van der Waals surface area (Å²) in [5, 5.41) is 2.63. The molecule has 0 aliphatic heterocycles. The van der Waals surface area contributed by atoms with E-state index in [9.17, 15) is 0 Å². The maximum absolute atomic E-state index is 3.66. The molecular weight excluding hydrogens is 472 g/mol. The summed E-state index contributed by atoms with van der Waals surface area (Å²) >= 11 is 7.31. The first kappa shape index (κ1) is 17.9. The number of rotatable bonds is 2. The Morgan fingerprint density at radius 2 is 1.25 bits per heavy atom. The average Bonchev–Trinajstić information content (AvgIpc) is 2.72. The van der Waals surface area contributed by atoms with Gasteiger partial charge in [-0.25, -0.2) is 0 Å². The zero-order valence-corrected chi connectivity index (χ0v) is 18.4. The summed E-state index contributed by atoms with van der Waals surface area (Å²) < 4.78 is 2.23. The molecule has 28 heavy (non-hydrogen) atoms. The lowest BCUT2D eigenvalue weighted by molar-refractivity contribution is 0.991. The van der Waals surface area contributed by atoms with Gasteiger partial charge in [0.1, 0.15) is 0 Å². The Morgan fingerprint density at radius 3 is 1.89 bits per heavy atom. The van der Waals surface area contributed by atoms with E-state index in [0.29, 0.717) is 0 Å². The molecule has 0 atom stereocenters. The first-order chi connectivity index (χ1) is 13.7. The van der Waals surface area contributed by atoms with E-state index in [1.807, 2.05) is 0 Å². The molecule has 0 bridgehead atoms. The molecule has 0 nitrogen and oxygen atoms in total. The van der Waals surface area contributed by atoms with E-state index in [1.165, 1.54) is 44.2 Å². The van der Waals surface area contributed by atoms with Gasteiger partial charge in [0.05, 0.1) is 0 Å². The number of hydrogen-bond donors (Lipinski definition) is 0. The molecule has 1 aliphatic carbocycles. The van der Waals surface area contributed by atoms with E-state index < -0.39 is 0 Å². The number of allylic oxidation sites excluding steroid dienone is 1. The van der Waals surface area contributed by atoms with Crippen LogP contribution in [0.25, 0.3) is 39.1 Å². The van der Waals surface area contributed by atoms with Crippen LogP contribution in [0.15, 0.2) is 87.8 Å². The molecule has 0 amide bonds. The lowest BCUT2D eigenvalue weighted by Crippen LogP contribution is -2.02. The van der Waals surface area contributed by atoms with E-state index in [0.717, 1.165) is 21.8 Å². The molecule has 0 fully saturated rings. The molecule has 4 aromatic carbocycles. The maximum atomic E-state index is 3.66. The van der Waals surface area contributed by atoms with Crippen molar-refractivity contribution in [3.05, 3.63) is 98.9 Å². The maximum Gasteiger partial charge on any atom is 0.0181 e. The Bertz CT molecular complexity index is 1230. The number of hydrogen-bond acceptors (Lipinski definition) is 0. The van der Waals surface area contributed by atoms with Crippen molar-refractivity contribution in [2.24, 2.45) is 0 Å². The molecule has 0 spiro atoms. The van der Waals surface area contributed by atoms with Crippen LogP contribution in [-0.2, 0) is 6.42 Å². The summed E-state index contributed by atoms with van der Waals surface area (Å²) in [6.45, 7) is 0. The molecule has 0 radical (unpaired) electrons. The van der Waals surface area contributed by atoms with Crippen molar-refractivity contribution in [1.82, 2.24) is 0 Å². The van der Waals surface area contributed by atoms with Gasteiger partial charge in [0, 0.05) is 8.95 Å².